The number of nitrogens with zero attached hydrogens (tertiary/aromatic N) is 1. The van der Waals surface area contributed by atoms with E-state index < -0.39 is 6.04 Å². The molecule has 0 aliphatic heterocycles. The lowest BCUT2D eigenvalue weighted by atomic mass is 10.1. The standard InChI is InChI=1S/C12H16N2O/c1-2-3-10-4-6-12(7-5-10)15-9-11(14)8-13/h4-7,11H,2-3,9,14H2,1H3. The predicted octanol–water partition coefficient (Wildman–Crippen LogP) is 1.87. The summed E-state index contributed by atoms with van der Waals surface area (Å²) in [5.41, 5.74) is 6.71. The number of aryl methyl sites for hydroxylation is 1. The molecule has 0 aliphatic carbocycles. The maximum atomic E-state index is 8.47. The summed E-state index contributed by atoms with van der Waals surface area (Å²) in [5.74, 6) is 0.764. The minimum absolute atomic E-state index is 0.240. The summed E-state index contributed by atoms with van der Waals surface area (Å²) in [6.07, 6.45) is 2.22. The lowest BCUT2D eigenvalue weighted by molar-refractivity contribution is 0.308. The predicted molar refractivity (Wildman–Crippen MR) is 59.5 cm³/mol. The molecule has 0 aliphatic rings. The highest BCUT2D eigenvalue weighted by atomic mass is 16.5. The maximum Gasteiger partial charge on any atom is 0.127 e. The zero-order chi connectivity index (χ0) is 11.1. The number of hydrogen-bond acceptors (Lipinski definition) is 3. The first-order chi connectivity index (χ1) is 7.26. The molecule has 1 aromatic carbocycles. The van der Waals surface area contributed by atoms with Crippen LogP contribution in [0.4, 0.5) is 0 Å². The molecule has 80 valence electrons. The summed E-state index contributed by atoms with van der Waals surface area (Å²) in [5, 5.41) is 8.47. The minimum atomic E-state index is -0.555. The van der Waals surface area contributed by atoms with Crippen molar-refractivity contribution in [1.82, 2.24) is 0 Å². The van der Waals surface area contributed by atoms with E-state index in [9.17, 15) is 0 Å². The molecular formula is C12H16N2O. The van der Waals surface area contributed by atoms with Crippen molar-refractivity contribution in [3.63, 3.8) is 0 Å². The van der Waals surface area contributed by atoms with Gasteiger partial charge >= 0.3 is 0 Å². The first-order valence-corrected chi connectivity index (χ1v) is 5.13. The maximum absolute atomic E-state index is 8.47. The van der Waals surface area contributed by atoms with E-state index in [1.165, 1.54) is 5.56 Å². The van der Waals surface area contributed by atoms with Gasteiger partial charge in [0.2, 0.25) is 0 Å². The molecule has 0 saturated heterocycles. The van der Waals surface area contributed by atoms with Gasteiger partial charge in [-0.15, -0.1) is 0 Å². The molecule has 1 atom stereocenters. The van der Waals surface area contributed by atoms with Gasteiger partial charge in [0.05, 0.1) is 6.07 Å². The normalized spacial score (nSPS) is 11.8. The quantitative estimate of drug-likeness (QED) is 0.796. The van der Waals surface area contributed by atoms with Crippen molar-refractivity contribution in [2.45, 2.75) is 25.8 Å². The molecule has 0 bridgehead atoms. The van der Waals surface area contributed by atoms with E-state index in [2.05, 4.69) is 6.92 Å². The van der Waals surface area contributed by atoms with Gasteiger partial charge in [0.15, 0.2) is 0 Å². The van der Waals surface area contributed by atoms with E-state index in [1.807, 2.05) is 30.3 Å². The first-order valence-electron chi connectivity index (χ1n) is 5.13. The van der Waals surface area contributed by atoms with Crippen LogP contribution in [0.25, 0.3) is 0 Å². The zero-order valence-corrected chi connectivity index (χ0v) is 8.94. The average Bonchev–Trinajstić information content (AvgIpc) is 2.28. The molecule has 1 rings (SSSR count). The van der Waals surface area contributed by atoms with Gasteiger partial charge in [-0.1, -0.05) is 25.5 Å². The van der Waals surface area contributed by atoms with Crippen molar-refractivity contribution in [3.05, 3.63) is 29.8 Å². The lowest BCUT2D eigenvalue weighted by Crippen LogP contribution is -2.25. The van der Waals surface area contributed by atoms with Crippen LogP contribution in [0.1, 0.15) is 18.9 Å². The molecule has 2 N–H and O–H groups in total. The topological polar surface area (TPSA) is 59.0 Å². The van der Waals surface area contributed by atoms with Crippen molar-refractivity contribution >= 4 is 0 Å². The van der Waals surface area contributed by atoms with Gasteiger partial charge in [0, 0.05) is 0 Å². The van der Waals surface area contributed by atoms with E-state index in [-0.39, 0.29) is 6.61 Å². The highest BCUT2D eigenvalue weighted by Crippen LogP contribution is 2.13. The zero-order valence-electron chi connectivity index (χ0n) is 8.94. The van der Waals surface area contributed by atoms with Gasteiger partial charge in [-0.2, -0.15) is 5.26 Å². The van der Waals surface area contributed by atoms with Gasteiger partial charge in [-0.3, -0.25) is 0 Å². The molecule has 0 saturated carbocycles. The fraction of sp³-hybridized carbons (Fsp3) is 0.417. The summed E-state index contributed by atoms with van der Waals surface area (Å²) >= 11 is 0. The summed E-state index contributed by atoms with van der Waals surface area (Å²) in [7, 11) is 0. The number of nitrogens with two attached hydrogens (primary N) is 1. The Bertz CT molecular complexity index is 326. The Morgan fingerprint density at radius 1 is 1.40 bits per heavy atom. The third-order valence-corrected chi connectivity index (χ3v) is 2.06. The molecule has 0 amide bonds. The number of ether oxygens (including phenoxy) is 1. The van der Waals surface area contributed by atoms with E-state index in [1.54, 1.807) is 0 Å². The number of nitriles is 1. The van der Waals surface area contributed by atoms with Gasteiger partial charge in [0.1, 0.15) is 18.4 Å². The molecule has 1 unspecified atom stereocenters. The molecular weight excluding hydrogens is 188 g/mol. The van der Waals surface area contributed by atoms with Crippen LogP contribution in [-0.2, 0) is 6.42 Å². The third kappa shape index (κ3) is 4.01. The van der Waals surface area contributed by atoms with Gasteiger partial charge in [-0.05, 0) is 24.1 Å². The van der Waals surface area contributed by atoms with E-state index >= 15 is 0 Å². The van der Waals surface area contributed by atoms with Crippen LogP contribution in [0, 0.1) is 11.3 Å². The Morgan fingerprint density at radius 3 is 2.60 bits per heavy atom. The van der Waals surface area contributed by atoms with Crippen molar-refractivity contribution in [2.75, 3.05) is 6.61 Å². The summed E-state index contributed by atoms with van der Waals surface area (Å²) in [6.45, 7) is 2.39. The summed E-state index contributed by atoms with van der Waals surface area (Å²) in [4.78, 5) is 0. The Balaban J connectivity index is 2.46. The average molecular weight is 204 g/mol. The van der Waals surface area contributed by atoms with Crippen LogP contribution in [0.3, 0.4) is 0 Å². The Hall–Kier alpha value is -1.53. The van der Waals surface area contributed by atoms with E-state index in [0.29, 0.717) is 0 Å². The molecule has 0 heterocycles. The van der Waals surface area contributed by atoms with E-state index in [0.717, 1.165) is 18.6 Å². The van der Waals surface area contributed by atoms with Gasteiger partial charge < -0.3 is 10.5 Å². The van der Waals surface area contributed by atoms with Gasteiger partial charge in [-0.25, -0.2) is 0 Å². The van der Waals surface area contributed by atoms with Crippen LogP contribution < -0.4 is 10.5 Å². The SMILES string of the molecule is CCCc1ccc(OCC(N)C#N)cc1. The molecule has 0 aromatic heterocycles. The van der Waals surface area contributed by atoms with Crippen molar-refractivity contribution in [2.24, 2.45) is 5.73 Å². The Kier molecular flexibility index (Phi) is 4.65. The third-order valence-electron chi connectivity index (χ3n) is 2.06. The highest BCUT2D eigenvalue weighted by molar-refractivity contribution is 5.27. The Morgan fingerprint density at radius 2 is 2.07 bits per heavy atom. The van der Waals surface area contributed by atoms with Crippen molar-refractivity contribution in [1.29, 1.82) is 5.26 Å². The fourth-order valence-electron chi connectivity index (χ4n) is 1.26. The number of benzene rings is 1. The van der Waals surface area contributed by atoms with Crippen molar-refractivity contribution < 1.29 is 4.74 Å². The van der Waals surface area contributed by atoms with Crippen LogP contribution in [0.2, 0.25) is 0 Å². The van der Waals surface area contributed by atoms with Crippen LogP contribution >= 0.6 is 0 Å². The second-order valence-corrected chi connectivity index (χ2v) is 3.44. The van der Waals surface area contributed by atoms with E-state index in [4.69, 9.17) is 15.7 Å². The van der Waals surface area contributed by atoms with Crippen LogP contribution in [-0.4, -0.2) is 12.6 Å². The highest BCUT2D eigenvalue weighted by Gasteiger charge is 2.00. The molecule has 15 heavy (non-hydrogen) atoms. The first kappa shape index (κ1) is 11.5. The van der Waals surface area contributed by atoms with Crippen molar-refractivity contribution in [3.8, 4) is 11.8 Å². The summed E-state index contributed by atoms with van der Waals surface area (Å²) < 4.78 is 5.34. The molecule has 0 spiro atoms. The Labute approximate surface area is 90.5 Å². The molecule has 1 aromatic rings. The van der Waals surface area contributed by atoms with Gasteiger partial charge in [0.25, 0.3) is 0 Å². The second kappa shape index (κ2) is 6.05. The van der Waals surface area contributed by atoms with Crippen LogP contribution in [0.15, 0.2) is 24.3 Å². The fourth-order valence-corrected chi connectivity index (χ4v) is 1.26. The molecule has 0 radical (unpaired) electrons. The van der Waals surface area contributed by atoms with Crippen LogP contribution in [0.5, 0.6) is 5.75 Å². The lowest BCUT2D eigenvalue weighted by Gasteiger charge is -2.07. The monoisotopic (exact) mass is 204 g/mol. The molecule has 0 fully saturated rings. The largest absolute Gasteiger partial charge is 0.491 e. The smallest absolute Gasteiger partial charge is 0.127 e. The summed E-state index contributed by atoms with van der Waals surface area (Å²) in [6, 6.07) is 9.26. The molecule has 3 nitrogen and oxygen atoms in total. The number of hydrogen-bond donors (Lipinski definition) is 1. The minimum Gasteiger partial charge on any atom is -0.491 e. The second-order valence-electron chi connectivity index (χ2n) is 3.44. The molecule has 3 heteroatoms. The number of rotatable bonds is 5.